The summed E-state index contributed by atoms with van der Waals surface area (Å²) in [5.41, 5.74) is 7.61. The molecule has 0 unspecified atom stereocenters. The van der Waals surface area contributed by atoms with Crippen LogP contribution in [0.25, 0.3) is 83.4 Å². The van der Waals surface area contributed by atoms with Gasteiger partial charge in [0.25, 0.3) is 6.33 Å². The van der Waals surface area contributed by atoms with Gasteiger partial charge in [-0.15, -0.1) is 29.7 Å². The SMILES string of the molecule is [2H]c1cc(-c2cccc(-c3c([2H])c([2H])c([2H])c([2H])c3[2H])c2-[n+]2[c-]n(-c3[c-]c(Oc4[c-]c5c(cc4)c4cc(-c6ccccc6)ccc4n5-c4cc(C(C)(C)C)ccn4)ccc3)c3ccccc32)c([2H])c([2H])c1[2H].[Pt]. The zero-order valence-corrected chi connectivity index (χ0v) is 37.1. The van der Waals surface area contributed by atoms with Crippen LogP contribution in [0.3, 0.4) is 0 Å². The smallest absolute Gasteiger partial charge is 0.268 e. The zero-order valence-electron chi connectivity index (χ0n) is 43.9. The van der Waals surface area contributed by atoms with E-state index in [9.17, 15) is 0 Å². The van der Waals surface area contributed by atoms with Gasteiger partial charge in [0.05, 0.1) is 29.1 Å². The molecule has 5 nitrogen and oxygen atoms in total. The van der Waals surface area contributed by atoms with Crippen molar-refractivity contribution in [2.24, 2.45) is 0 Å². The molecule has 0 atom stereocenters. The summed E-state index contributed by atoms with van der Waals surface area (Å²) in [6.45, 7) is 6.54. The summed E-state index contributed by atoms with van der Waals surface area (Å²) in [6.07, 6.45) is 5.30. The Bertz CT molecular complexity index is 3990. The fourth-order valence-corrected chi connectivity index (χ4v) is 8.20. The van der Waals surface area contributed by atoms with Crippen LogP contribution in [-0.4, -0.2) is 14.1 Å². The molecule has 0 fully saturated rings. The Morgan fingerprint density at radius 2 is 1.33 bits per heavy atom. The summed E-state index contributed by atoms with van der Waals surface area (Å²) >= 11 is 0. The van der Waals surface area contributed by atoms with E-state index in [0.717, 1.165) is 44.3 Å². The van der Waals surface area contributed by atoms with Crippen LogP contribution in [0.1, 0.15) is 38.7 Å². The van der Waals surface area contributed by atoms with E-state index in [1.54, 1.807) is 33.4 Å². The molecule has 0 bridgehead atoms. The number of pyridine rings is 1. The second kappa shape index (κ2) is 16.7. The second-order valence-electron chi connectivity index (χ2n) is 16.2. The number of rotatable bonds is 8. The number of hydrogen-bond donors (Lipinski definition) is 0. The molecular weight excluding hydrogens is 964 g/mol. The van der Waals surface area contributed by atoms with Gasteiger partial charge >= 0.3 is 0 Å². The van der Waals surface area contributed by atoms with Crippen LogP contribution in [0.2, 0.25) is 0 Å². The predicted octanol–water partition coefficient (Wildman–Crippen LogP) is 13.9. The topological polar surface area (TPSA) is 35.9 Å². The number of nitrogens with zero attached hydrogens (tertiary/aromatic N) is 4. The number of para-hydroxylation sites is 3. The van der Waals surface area contributed by atoms with Crippen LogP contribution < -0.4 is 9.30 Å². The average molecular weight is 1020 g/mol. The van der Waals surface area contributed by atoms with E-state index in [4.69, 9.17) is 22.1 Å². The third-order valence-corrected chi connectivity index (χ3v) is 11.2. The summed E-state index contributed by atoms with van der Waals surface area (Å²) in [5.74, 6) is 1.57. The Labute approximate surface area is 400 Å². The van der Waals surface area contributed by atoms with Gasteiger partial charge in [0, 0.05) is 44.3 Å². The van der Waals surface area contributed by atoms with Crippen LogP contribution in [0.5, 0.6) is 11.5 Å². The van der Waals surface area contributed by atoms with Gasteiger partial charge in [0.1, 0.15) is 5.82 Å². The minimum Gasteiger partial charge on any atom is -0.510 e. The van der Waals surface area contributed by atoms with Gasteiger partial charge in [-0.25, -0.2) is 4.98 Å². The van der Waals surface area contributed by atoms with Gasteiger partial charge in [-0.2, -0.15) is 18.2 Å². The molecule has 0 aliphatic rings. The fourth-order valence-electron chi connectivity index (χ4n) is 8.20. The van der Waals surface area contributed by atoms with Crippen LogP contribution in [0, 0.1) is 18.5 Å². The van der Waals surface area contributed by atoms with E-state index in [-0.39, 0.29) is 60.9 Å². The zero-order chi connectivity index (χ0) is 50.3. The third kappa shape index (κ3) is 7.42. The van der Waals surface area contributed by atoms with E-state index in [1.807, 2.05) is 79.0 Å². The number of imidazole rings is 1. The van der Waals surface area contributed by atoms with Crippen LogP contribution in [0.4, 0.5) is 0 Å². The molecule has 0 saturated heterocycles. The maximum atomic E-state index is 9.02. The Morgan fingerprint density at radius 1 is 0.594 bits per heavy atom. The molecular formula is C58H42N4OPt-2. The summed E-state index contributed by atoms with van der Waals surface area (Å²) in [5, 5.41) is 2.01. The minimum absolute atomic E-state index is 0. The molecule has 64 heavy (non-hydrogen) atoms. The van der Waals surface area contributed by atoms with E-state index in [0.29, 0.717) is 33.8 Å². The molecule has 8 aromatic carbocycles. The number of fused-ring (bicyclic) bond motifs is 4. The maximum Gasteiger partial charge on any atom is 0.268 e. The third-order valence-electron chi connectivity index (χ3n) is 11.2. The summed E-state index contributed by atoms with van der Waals surface area (Å²) in [6, 6.07) is 47.2. The fraction of sp³-hybridized carbons (Fsp3) is 0.0690. The number of benzene rings is 8. The Kier molecular flexibility index (Phi) is 8.24. The van der Waals surface area contributed by atoms with Crippen molar-refractivity contribution in [1.29, 1.82) is 0 Å². The largest absolute Gasteiger partial charge is 0.510 e. The second-order valence-corrected chi connectivity index (χ2v) is 16.2. The molecule has 0 aliphatic carbocycles. The maximum absolute atomic E-state index is 9.02. The molecule has 6 heteroatoms. The molecule has 0 amide bonds. The van der Waals surface area contributed by atoms with Gasteiger partial charge in [-0.05, 0) is 73.6 Å². The van der Waals surface area contributed by atoms with E-state index < -0.39 is 42.3 Å². The molecule has 3 heterocycles. The molecule has 312 valence electrons. The average Bonchev–Trinajstić information content (AvgIpc) is 3.93. The van der Waals surface area contributed by atoms with Crippen LogP contribution in [0.15, 0.2) is 200 Å². The summed E-state index contributed by atoms with van der Waals surface area (Å²) in [4.78, 5) is 4.88. The monoisotopic (exact) mass is 1010 g/mol. The molecule has 0 spiro atoms. The van der Waals surface area contributed by atoms with Crippen molar-refractivity contribution in [3.8, 4) is 62.1 Å². The molecule has 0 aliphatic heterocycles. The number of hydrogen-bond acceptors (Lipinski definition) is 2. The first kappa shape index (κ1) is 31.5. The van der Waals surface area contributed by atoms with Crippen molar-refractivity contribution in [2.75, 3.05) is 0 Å². The Balaban J connectivity index is 0.00000611. The van der Waals surface area contributed by atoms with Gasteiger partial charge in [-0.3, -0.25) is 4.57 Å². The number of ether oxygens (including phenoxy) is 1. The summed E-state index contributed by atoms with van der Waals surface area (Å²) < 4.78 is 90.1. The standard InChI is InChI=1S/C58H42N4O.Pt/c1-58(2,3)44-33-34-59-56(36-44)62-52-32-29-43(40-17-7-4-8-18-40)35-51(52)50-31-30-47(38-55(50)62)63-46-24-15-23-45(37-46)60-39-61(54-28-14-13-27-53(54)60)57-48(41-19-9-5-10-20-41)25-16-26-49(57)42-21-11-6-12-22-42;/h4-36H,1-3H3;/q-2;/i5D,6D,9D,10D,11D,12D,19D,20D,21D;. The first-order valence-corrected chi connectivity index (χ1v) is 20.6. The normalized spacial score (nSPS) is 13.5. The van der Waals surface area contributed by atoms with E-state index >= 15 is 0 Å². The first-order chi connectivity index (χ1) is 34.6. The molecule has 0 N–H and O–H groups in total. The Morgan fingerprint density at radius 3 is 2.16 bits per heavy atom. The molecule has 11 rings (SSSR count). The first-order valence-electron chi connectivity index (χ1n) is 25.1. The van der Waals surface area contributed by atoms with Crippen molar-refractivity contribution in [3.05, 3.63) is 224 Å². The van der Waals surface area contributed by atoms with Gasteiger partial charge in [0.2, 0.25) is 0 Å². The van der Waals surface area contributed by atoms with Crippen molar-refractivity contribution < 1.29 is 42.7 Å². The predicted molar refractivity (Wildman–Crippen MR) is 255 cm³/mol. The van der Waals surface area contributed by atoms with Crippen molar-refractivity contribution in [3.63, 3.8) is 0 Å². The molecule has 0 radical (unpaired) electrons. The Hall–Kier alpha value is -7.33. The quantitative estimate of drug-likeness (QED) is 0.112. The molecule has 3 aromatic heterocycles. The van der Waals surface area contributed by atoms with Gasteiger partial charge in [-0.1, -0.05) is 172 Å². The number of aromatic nitrogens is 4. The van der Waals surface area contributed by atoms with E-state index in [2.05, 4.69) is 80.2 Å². The van der Waals surface area contributed by atoms with E-state index in [1.165, 1.54) is 6.07 Å². The van der Waals surface area contributed by atoms with Gasteiger partial charge < -0.3 is 13.9 Å². The van der Waals surface area contributed by atoms with Crippen molar-refractivity contribution in [2.45, 2.75) is 26.2 Å². The molecule has 11 aromatic rings. The van der Waals surface area contributed by atoms with Gasteiger partial charge in [0.15, 0.2) is 0 Å². The van der Waals surface area contributed by atoms with Crippen LogP contribution >= 0.6 is 0 Å². The van der Waals surface area contributed by atoms with Crippen molar-refractivity contribution >= 4 is 32.8 Å². The van der Waals surface area contributed by atoms with Crippen LogP contribution in [-0.2, 0) is 26.5 Å². The van der Waals surface area contributed by atoms with Crippen molar-refractivity contribution in [1.82, 2.24) is 14.1 Å². The summed E-state index contributed by atoms with van der Waals surface area (Å²) in [7, 11) is 0. The minimum atomic E-state index is -0.544. The molecule has 0 saturated carbocycles.